The lowest BCUT2D eigenvalue weighted by Crippen LogP contribution is -2.42. The van der Waals surface area contributed by atoms with E-state index in [1.807, 2.05) is 6.07 Å². The van der Waals surface area contributed by atoms with Crippen LogP contribution in [-0.4, -0.2) is 43.0 Å². The van der Waals surface area contributed by atoms with Gasteiger partial charge in [-0.25, -0.2) is 0 Å². The van der Waals surface area contributed by atoms with Crippen LogP contribution in [0.4, 0.5) is 0 Å². The molecule has 1 unspecified atom stereocenters. The molecular formula is C17H27Cl2N3O. The minimum Gasteiger partial charge on any atom is -0.351 e. The quantitative estimate of drug-likeness (QED) is 0.784. The summed E-state index contributed by atoms with van der Waals surface area (Å²) in [5.41, 5.74) is 1.34. The van der Waals surface area contributed by atoms with Gasteiger partial charge < -0.3 is 10.6 Å². The molecule has 1 amide bonds. The van der Waals surface area contributed by atoms with Gasteiger partial charge in [-0.05, 0) is 37.3 Å². The van der Waals surface area contributed by atoms with E-state index in [-0.39, 0.29) is 30.7 Å². The van der Waals surface area contributed by atoms with Gasteiger partial charge in [-0.1, -0.05) is 30.3 Å². The lowest BCUT2D eigenvalue weighted by atomic mass is 10.2. The first kappa shape index (κ1) is 20.2. The van der Waals surface area contributed by atoms with E-state index in [9.17, 15) is 4.79 Å². The zero-order valence-electron chi connectivity index (χ0n) is 13.4. The summed E-state index contributed by atoms with van der Waals surface area (Å²) in [6.07, 6.45) is 3.71. The predicted octanol–water partition coefficient (Wildman–Crippen LogP) is 2.22. The maximum absolute atomic E-state index is 11.9. The van der Waals surface area contributed by atoms with Crippen molar-refractivity contribution in [2.45, 2.75) is 31.8 Å². The molecule has 23 heavy (non-hydrogen) atoms. The second-order valence-electron chi connectivity index (χ2n) is 6.35. The fourth-order valence-electron chi connectivity index (χ4n) is 2.93. The number of amides is 1. The molecule has 130 valence electrons. The normalized spacial score (nSPS) is 20.4. The van der Waals surface area contributed by atoms with Crippen LogP contribution in [0.15, 0.2) is 30.3 Å². The van der Waals surface area contributed by atoms with Crippen molar-refractivity contribution in [1.29, 1.82) is 0 Å². The number of hydrogen-bond donors (Lipinski definition) is 2. The molecule has 1 saturated heterocycles. The van der Waals surface area contributed by atoms with Gasteiger partial charge in [-0.3, -0.25) is 9.69 Å². The molecule has 1 aliphatic carbocycles. The number of likely N-dealkylation sites (tertiary alicyclic amines) is 1. The van der Waals surface area contributed by atoms with E-state index in [2.05, 4.69) is 39.8 Å². The molecule has 1 aromatic rings. The number of halogens is 2. The molecule has 1 aromatic carbocycles. The fourth-order valence-corrected chi connectivity index (χ4v) is 2.93. The van der Waals surface area contributed by atoms with Gasteiger partial charge in [-0.2, -0.15) is 0 Å². The summed E-state index contributed by atoms with van der Waals surface area (Å²) in [5, 5.41) is 6.39. The van der Waals surface area contributed by atoms with Crippen LogP contribution in [0, 0.1) is 5.92 Å². The van der Waals surface area contributed by atoms with Gasteiger partial charge >= 0.3 is 0 Å². The summed E-state index contributed by atoms with van der Waals surface area (Å²) in [4.78, 5) is 14.3. The van der Waals surface area contributed by atoms with Gasteiger partial charge in [0.2, 0.25) is 5.91 Å². The third-order valence-electron chi connectivity index (χ3n) is 4.30. The zero-order valence-corrected chi connectivity index (χ0v) is 15.0. The van der Waals surface area contributed by atoms with Gasteiger partial charge in [0.1, 0.15) is 0 Å². The predicted molar refractivity (Wildman–Crippen MR) is 98.4 cm³/mol. The fraction of sp³-hybridized carbons (Fsp3) is 0.588. The molecule has 0 radical (unpaired) electrons. The Balaban J connectivity index is 0.00000132. The van der Waals surface area contributed by atoms with Crippen LogP contribution in [0.1, 0.15) is 24.8 Å². The average Bonchev–Trinajstić information content (AvgIpc) is 3.21. The van der Waals surface area contributed by atoms with E-state index in [4.69, 9.17) is 0 Å². The summed E-state index contributed by atoms with van der Waals surface area (Å²) in [7, 11) is 0. The number of benzene rings is 1. The highest BCUT2D eigenvalue weighted by atomic mass is 35.5. The van der Waals surface area contributed by atoms with Crippen LogP contribution in [0.25, 0.3) is 0 Å². The molecule has 4 nitrogen and oxygen atoms in total. The second kappa shape index (κ2) is 10.1. The minimum absolute atomic E-state index is 0. The Morgan fingerprint density at radius 1 is 1.13 bits per heavy atom. The highest BCUT2D eigenvalue weighted by Gasteiger charge is 2.24. The zero-order chi connectivity index (χ0) is 14.5. The number of carbonyl (C=O) groups excluding carboxylic acids is 1. The van der Waals surface area contributed by atoms with Gasteiger partial charge in [-0.15, -0.1) is 24.8 Å². The van der Waals surface area contributed by atoms with Gasteiger partial charge in [0.05, 0.1) is 6.54 Å². The standard InChI is InChI=1S/C17H25N3O.2ClH/c21-17(11-18-10-14-6-7-14)19-16-8-9-20(13-16)12-15-4-2-1-3-5-15;;/h1-5,14,16,18H,6-13H2,(H,19,21);2*1H. The average molecular weight is 360 g/mol. The van der Waals surface area contributed by atoms with Crippen molar-refractivity contribution in [3.05, 3.63) is 35.9 Å². The topological polar surface area (TPSA) is 44.4 Å². The smallest absolute Gasteiger partial charge is 0.234 e. The first-order valence-electron chi connectivity index (χ1n) is 8.06. The van der Waals surface area contributed by atoms with Crippen LogP contribution in [0.2, 0.25) is 0 Å². The first-order valence-corrected chi connectivity index (χ1v) is 8.06. The van der Waals surface area contributed by atoms with E-state index in [0.29, 0.717) is 12.6 Å². The van der Waals surface area contributed by atoms with Gasteiger partial charge in [0.25, 0.3) is 0 Å². The molecule has 2 N–H and O–H groups in total. The Kier molecular flexibility index (Phi) is 8.92. The molecule has 3 rings (SSSR count). The third-order valence-corrected chi connectivity index (χ3v) is 4.30. The number of rotatable bonds is 7. The van der Waals surface area contributed by atoms with Crippen molar-refractivity contribution in [3.63, 3.8) is 0 Å². The SMILES string of the molecule is Cl.Cl.O=C(CNCC1CC1)NC1CCN(Cc2ccccc2)C1. The molecular weight excluding hydrogens is 333 g/mol. The summed E-state index contributed by atoms with van der Waals surface area (Å²) in [5.74, 6) is 0.966. The van der Waals surface area contributed by atoms with E-state index in [1.165, 1.54) is 18.4 Å². The number of nitrogens with one attached hydrogen (secondary N) is 2. The van der Waals surface area contributed by atoms with Gasteiger partial charge in [0.15, 0.2) is 0 Å². The highest BCUT2D eigenvalue weighted by molar-refractivity contribution is 5.85. The minimum atomic E-state index is 0. The molecule has 0 spiro atoms. The van der Waals surface area contributed by atoms with Crippen LogP contribution in [-0.2, 0) is 11.3 Å². The van der Waals surface area contributed by atoms with Crippen molar-refractivity contribution in [2.75, 3.05) is 26.2 Å². The molecule has 1 saturated carbocycles. The Hall–Kier alpha value is -0.810. The molecule has 1 atom stereocenters. The summed E-state index contributed by atoms with van der Waals surface area (Å²) in [6.45, 7) is 4.47. The third kappa shape index (κ3) is 7.08. The van der Waals surface area contributed by atoms with E-state index in [0.717, 1.165) is 38.5 Å². The summed E-state index contributed by atoms with van der Waals surface area (Å²) >= 11 is 0. The Bertz CT molecular complexity index is 468. The molecule has 1 heterocycles. The van der Waals surface area contributed by atoms with Crippen LogP contribution < -0.4 is 10.6 Å². The second-order valence-corrected chi connectivity index (χ2v) is 6.35. The molecule has 0 bridgehead atoms. The molecule has 6 heteroatoms. The molecule has 1 aliphatic heterocycles. The molecule has 2 aliphatic rings. The van der Waals surface area contributed by atoms with E-state index in [1.54, 1.807) is 0 Å². The lowest BCUT2D eigenvalue weighted by molar-refractivity contribution is -0.120. The summed E-state index contributed by atoms with van der Waals surface area (Å²) in [6, 6.07) is 10.8. The Morgan fingerprint density at radius 3 is 2.57 bits per heavy atom. The Labute approximate surface area is 151 Å². The van der Waals surface area contributed by atoms with E-state index >= 15 is 0 Å². The van der Waals surface area contributed by atoms with Crippen molar-refractivity contribution in [2.24, 2.45) is 5.92 Å². The van der Waals surface area contributed by atoms with Crippen LogP contribution in [0.5, 0.6) is 0 Å². The molecule has 0 aromatic heterocycles. The monoisotopic (exact) mass is 359 g/mol. The van der Waals surface area contributed by atoms with Crippen molar-refractivity contribution in [3.8, 4) is 0 Å². The maximum atomic E-state index is 11.9. The van der Waals surface area contributed by atoms with Crippen LogP contribution in [0.3, 0.4) is 0 Å². The van der Waals surface area contributed by atoms with Gasteiger partial charge in [0, 0.05) is 25.7 Å². The number of carbonyl (C=O) groups is 1. The largest absolute Gasteiger partial charge is 0.351 e. The highest BCUT2D eigenvalue weighted by Crippen LogP contribution is 2.27. The van der Waals surface area contributed by atoms with E-state index < -0.39 is 0 Å². The molecule has 2 fully saturated rings. The van der Waals surface area contributed by atoms with Crippen LogP contribution >= 0.6 is 24.8 Å². The summed E-state index contributed by atoms with van der Waals surface area (Å²) < 4.78 is 0. The number of nitrogens with zero attached hydrogens (tertiary/aromatic N) is 1. The lowest BCUT2D eigenvalue weighted by Gasteiger charge is -2.17. The van der Waals surface area contributed by atoms with Crippen molar-refractivity contribution >= 4 is 30.7 Å². The number of hydrogen-bond acceptors (Lipinski definition) is 3. The van der Waals surface area contributed by atoms with Crippen molar-refractivity contribution in [1.82, 2.24) is 15.5 Å². The first-order chi connectivity index (χ1) is 10.3. The van der Waals surface area contributed by atoms with Crippen molar-refractivity contribution < 1.29 is 4.79 Å². The Morgan fingerprint density at radius 2 is 1.87 bits per heavy atom. The maximum Gasteiger partial charge on any atom is 0.234 e.